The lowest BCUT2D eigenvalue weighted by molar-refractivity contribution is -0.0892. The van der Waals surface area contributed by atoms with E-state index in [0.29, 0.717) is 0 Å². The monoisotopic (exact) mass is 138 g/mol. The second-order valence-corrected chi connectivity index (χ2v) is 1.59. The highest BCUT2D eigenvalue weighted by atomic mass is 19.2. The van der Waals surface area contributed by atoms with Gasteiger partial charge in [0, 0.05) is 0 Å². The lowest BCUT2D eigenvalue weighted by atomic mass is 10.3. The number of hydrogen-bond donors (Lipinski definition) is 4. The summed E-state index contributed by atoms with van der Waals surface area (Å²) in [6.07, 6.45) is 0. The van der Waals surface area contributed by atoms with E-state index in [1.807, 2.05) is 0 Å². The van der Waals surface area contributed by atoms with Crippen molar-refractivity contribution < 1.29 is 9.50 Å². The standard InChI is InChI=1S/C2H7FN4O2/c3-1(4,7-9)2(5,6)8/h8H,4-6H2. The van der Waals surface area contributed by atoms with Crippen LogP contribution in [-0.2, 0) is 0 Å². The summed E-state index contributed by atoms with van der Waals surface area (Å²) in [5.74, 6) is -6.26. The Morgan fingerprint density at radius 3 is 1.78 bits per heavy atom. The smallest absolute Gasteiger partial charge is 0.346 e. The van der Waals surface area contributed by atoms with Crippen LogP contribution in [0.5, 0.6) is 0 Å². The van der Waals surface area contributed by atoms with Crippen LogP contribution in [0.2, 0.25) is 0 Å². The van der Waals surface area contributed by atoms with Gasteiger partial charge in [-0.3, -0.25) is 17.2 Å². The molecule has 0 aliphatic heterocycles. The maximum atomic E-state index is 12.1. The molecule has 7 heteroatoms. The molecule has 6 nitrogen and oxygen atoms in total. The molecular weight excluding hydrogens is 131 g/mol. The van der Waals surface area contributed by atoms with Gasteiger partial charge >= 0.3 is 5.92 Å². The highest BCUT2D eigenvalue weighted by molar-refractivity contribution is 4.83. The van der Waals surface area contributed by atoms with Gasteiger partial charge in [0.1, 0.15) is 0 Å². The largest absolute Gasteiger partial charge is 0.358 e. The Morgan fingerprint density at radius 2 is 1.78 bits per heavy atom. The van der Waals surface area contributed by atoms with Gasteiger partial charge in [-0.15, -0.1) is 4.91 Å². The first-order chi connectivity index (χ1) is 3.81. The quantitative estimate of drug-likeness (QED) is 0.197. The molecule has 0 aliphatic carbocycles. The Bertz CT molecular complexity index is 118. The van der Waals surface area contributed by atoms with Gasteiger partial charge < -0.3 is 5.11 Å². The number of hydrogen-bond acceptors (Lipinski definition) is 6. The van der Waals surface area contributed by atoms with Gasteiger partial charge in [-0.25, -0.2) is 0 Å². The Labute approximate surface area is 49.8 Å². The van der Waals surface area contributed by atoms with Crippen LogP contribution in [0, 0.1) is 4.91 Å². The summed E-state index contributed by atoms with van der Waals surface area (Å²) in [6, 6.07) is 0. The molecule has 54 valence electrons. The molecule has 0 saturated carbocycles. The van der Waals surface area contributed by atoms with Crippen molar-refractivity contribution >= 4 is 0 Å². The van der Waals surface area contributed by atoms with Gasteiger partial charge in [0.15, 0.2) is 0 Å². The van der Waals surface area contributed by atoms with Gasteiger partial charge in [-0.1, -0.05) is 0 Å². The van der Waals surface area contributed by atoms with E-state index in [-0.39, 0.29) is 0 Å². The van der Waals surface area contributed by atoms with Crippen molar-refractivity contribution in [2.75, 3.05) is 0 Å². The van der Waals surface area contributed by atoms with Crippen molar-refractivity contribution in [1.29, 1.82) is 0 Å². The summed E-state index contributed by atoms with van der Waals surface area (Å²) >= 11 is 0. The third kappa shape index (κ3) is 1.64. The molecule has 0 aliphatic rings. The van der Waals surface area contributed by atoms with E-state index in [1.54, 1.807) is 5.18 Å². The Morgan fingerprint density at radius 1 is 1.44 bits per heavy atom. The zero-order chi connectivity index (χ0) is 7.71. The molecule has 1 atom stereocenters. The van der Waals surface area contributed by atoms with Crippen LogP contribution >= 0.6 is 0 Å². The van der Waals surface area contributed by atoms with Crippen molar-refractivity contribution in [3.05, 3.63) is 4.91 Å². The minimum atomic E-state index is -3.34. The van der Waals surface area contributed by atoms with Crippen molar-refractivity contribution in [3.8, 4) is 0 Å². The SMILES string of the molecule is NC(N)(O)C(N)(F)N=O. The van der Waals surface area contributed by atoms with E-state index < -0.39 is 11.8 Å². The number of nitrogens with two attached hydrogens (primary N) is 3. The molecule has 0 heterocycles. The molecule has 0 aromatic carbocycles. The zero-order valence-electron chi connectivity index (χ0n) is 4.41. The minimum absolute atomic E-state index is 1.65. The average molecular weight is 138 g/mol. The molecular formula is C2H7FN4O2. The lowest BCUT2D eigenvalue weighted by Crippen LogP contribution is -2.68. The lowest BCUT2D eigenvalue weighted by Gasteiger charge is -2.24. The summed E-state index contributed by atoms with van der Waals surface area (Å²) in [5, 5.41) is 9.96. The molecule has 0 rings (SSSR count). The molecule has 9 heavy (non-hydrogen) atoms. The molecule has 1 unspecified atom stereocenters. The maximum absolute atomic E-state index is 12.1. The fourth-order valence-electron chi connectivity index (χ4n) is 0.0731. The highest BCUT2D eigenvalue weighted by Gasteiger charge is 2.44. The summed E-state index contributed by atoms with van der Waals surface area (Å²) in [6.45, 7) is 0. The van der Waals surface area contributed by atoms with Crippen LogP contribution in [0.3, 0.4) is 0 Å². The first-order valence-electron chi connectivity index (χ1n) is 1.93. The Balaban J connectivity index is 4.32. The highest BCUT2D eigenvalue weighted by Crippen LogP contribution is 2.11. The fourth-order valence-corrected chi connectivity index (χ4v) is 0.0731. The van der Waals surface area contributed by atoms with Gasteiger partial charge in [0.05, 0.1) is 0 Å². The molecule has 0 radical (unpaired) electrons. The molecule has 0 spiro atoms. The number of alkyl halides is 1. The topological polar surface area (TPSA) is 128 Å². The van der Waals surface area contributed by atoms with Crippen LogP contribution in [0.4, 0.5) is 4.39 Å². The predicted octanol–water partition coefficient (Wildman–Crippen LogP) is -2.10. The van der Waals surface area contributed by atoms with Gasteiger partial charge in [-0.05, 0) is 5.18 Å². The van der Waals surface area contributed by atoms with Crippen molar-refractivity contribution in [2.45, 2.75) is 11.8 Å². The van der Waals surface area contributed by atoms with Gasteiger partial charge in [0.25, 0.3) is 0 Å². The van der Waals surface area contributed by atoms with Crippen LogP contribution < -0.4 is 17.2 Å². The van der Waals surface area contributed by atoms with E-state index in [1.165, 1.54) is 0 Å². The molecule has 0 fully saturated rings. The number of rotatable bonds is 2. The fraction of sp³-hybridized carbons (Fsp3) is 1.00. The van der Waals surface area contributed by atoms with E-state index >= 15 is 0 Å². The van der Waals surface area contributed by atoms with Crippen LogP contribution in [0.25, 0.3) is 0 Å². The second-order valence-electron chi connectivity index (χ2n) is 1.59. The summed E-state index contributed by atoms with van der Waals surface area (Å²) in [5.41, 5.74) is 13.3. The number of nitroso groups, excluding NO2 is 1. The summed E-state index contributed by atoms with van der Waals surface area (Å²) in [4.78, 5) is 9.40. The number of nitrogens with zero attached hydrogens (tertiary/aromatic N) is 1. The maximum Gasteiger partial charge on any atom is 0.346 e. The molecule has 0 aromatic rings. The van der Waals surface area contributed by atoms with E-state index in [4.69, 9.17) is 5.11 Å². The minimum Gasteiger partial charge on any atom is -0.358 e. The van der Waals surface area contributed by atoms with E-state index in [9.17, 15) is 9.30 Å². The van der Waals surface area contributed by atoms with E-state index in [2.05, 4.69) is 17.2 Å². The Hall–Kier alpha value is -0.630. The first-order valence-corrected chi connectivity index (χ1v) is 1.93. The molecule has 7 N–H and O–H groups in total. The number of halogens is 1. The first kappa shape index (κ1) is 8.37. The normalized spacial score (nSPS) is 18.8. The van der Waals surface area contributed by atoms with Gasteiger partial charge in [-0.2, -0.15) is 4.39 Å². The average Bonchev–Trinajstić information content (AvgIpc) is 1.64. The predicted molar refractivity (Wildman–Crippen MR) is 27.1 cm³/mol. The number of aliphatic hydroxyl groups is 1. The van der Waals surface area contributed by atoms with E-state index in [0.717, 1.165) is 0 Å². The third-order valence-electron chi connectivity index (χ3n) is 0.695. The van der Waals surface area contributed by atoms with Crippen LogP contribution in [0.1, 0.15) is 0 Å². The molecule has 0 aromatic heterocycles. The van der Waals surface area contributed by atoms with Crippen molar-refractivity contribution in [2.24, 2.45) is 22.4 Å². The van der Waals surface area contributed by atoms with Crippen molar-refractivity contribution in [1.82, 2.24) is 0 Å². The van der Waals surface area contributed by atoms with Crippen molar-refractivity contribution in [3.63, 3.8) is 0 Å². The molecule has 0 bridgehead atoms. The van der Waals surface area contributed by atoms with Crippen LogP contribution in [0.15, 0.2) is 5.18 Å². The van der Waals surface area contributed by atoms with Crippen LogP contribution in [-0.4, -0.2) is 16.9 Å². The molecule has 0 amide bonds. The second kappa shape index (κ2) is 1.95. The van der Waals surface area contributed by atoms with Gasteiger partial charge in [0.2, 0.25) is 5.85 Å². The molecule has 0 saturated heterocycles. The summed E-state index contributed by atoms with van der Waals surface area (Å²) < 4.78 is 12.1. The summed E-state index contributed by atoms with van der Waals surface area (Å²) in [7, 11) is 0. The third-order valence-corrected chi connectivity index (χ3v) is 0.695. The Kier molecular flexibility index (Phi) is 1.82. The zero-order valence-corrected chi connectivity index (χ0v) is 4.41.